The molecule has 0 fully saturated rings. The zero-order valence-electron chi connectivity index (χ0n) is 23.3. The highest BCUT2D eigenvalue weighted by molar-refractivity contribution is 6.30. The lowest BCUT2D eigenvalue weighted by atomic mass is 10.2. The lowest BCUT2D eigenvalue weighted by Gasteiger charge is -2.10. The van der Waals surface area contributed by atoms with Crippen LogP contribution in [0.3, 0.4) is 0 Å². The number of halogens is 1. The van der Waals surface area contributed by atoms with Gasteiger partial charge in [-0.1, -0.05) is 41.9 Å². The van der Waals surface area contributed by atoms with Crippen molar-refractivity contribution in [1.82, 2.24) is 14.6 Å². The number of benzene rings is 3. The Labute approximate surface area is 248 Å². The van der Waals surface area contributed by atoms with Gasteiger partial charge in [-0.25, -0.2) is 5.43 Å². The molecule has 0 saturated heterocycles. The van der Waals surface area contributed by atoms with Crippen LogP contribution < -0.4 is 10.2 Å². The minimum atomic E-state index is -0.441. The highest BCUT2D eigenvalue weighted by Crippen LogP contribution is 2.23. The summed E-state index contributed by atoms with van der Waals surface area (Å²) < 4.78 is 15.9. The maximum absolute atomic E-state index is 12.7. The van der Waals surface area contributed by atoms with E-state index in [1.54, 1.807) is 18.3 Å². The van der Waals surface area contributed by atoms with E-state index in [0.29, 0.717) is 23.1 Å². The van der Waals surface area contributed by atoms with Crippen LogP contribution in [0.2, 0.25) is 5.02 Å². The largest absolute Gasteiger partial charge is 0.486 e. The molecule has 0 saturated carbocycles. The number of fused-ring (bicyclic) bond motifs is 1. The van der Waals surface area contributed by atoms with Crippen LogP contribution in [0, 0.1) is 13.8 Å². The molecule has 0 atom stereocenters. The van der Waals surface area contributed by atoms with Gasteiger partial charge < -0.3 is 18.3 Å². The number of amides is 1. The van der Waals surface area contributed by atoms with E-state index < -0.39 is 5.91 Å². The SMILES string of the molecule is Cc1ccc(C)n1-c1ccc(OCc2ccc(C(=O)N/N=C/c3cn(Cc4ccc(Cl)cc4)c4ccccc34)o2)cc1. The summed E-state index contributed by atoms with van der Waals surface area (Å²) in [6.45, 7) is 5.04. The topological polar surface area (TPSA) is 73.7 Å². The van der Waals surface area contributed by atoms with Crippen molar-refractivity contribution in [3.8, 4) is 11.4 Å². The first kappa shape index (κ1) is 27.2. The summed E-state index contributed by atoms with van der Waals surface area (Å²) in [6, 6.07) is 31.3. The molecule has 0 aliphatic heterocycles. The molecule has 3 heterocycles. The van der Waals surface area contributed by atoms with Crippen LogP contribution in [-0.2, 0) is 13.2 Å². The van der Waals surface area contributed by atoms with Gasteiger partial charge >= 0.3 is 5.91 Å². The molecule has 0 bridgehead atoms. The summed E-state index contributed by atoms with van der Waals surface area (Å²) >= 11 is 6.04. The Morgan fingerprint density at radius 2 is 1.67 bits per heavy atom. The average Bonchev–Trinajstić information content (AvgIpc) is 3.71. The van der Waals surface area contributed by atoms with Gasteiger partial charge in [0.25, 0.3) is 0 Å². The molecular weight excluding hydrogens is 548 g/mol. The molecule has 210 valence electrons. The Morgan fingerprint density at radius 3 is 2.43 bits per heavy atom. The molecule has 0 unspecified atom stereocenters. The maximum Gasteiger partial charge on any atom is 0.307 e. The Morgan fingerprint density at radius 1 is 0.929 bits per heavy atom. The molecule has 8 heteroatoms. The molecule has 1 N–H and O–H groups in total. The van der Waals surface area contributed by atoms with Crippen LogP contribution in [0.15, 0.2) is 113 Å². The number of hydrazone groups is 1. The average molecular weight is 577 g/mol. The number of nitrogens with one attached hydrogen (secondary N) is 1. The predicted octanol–water partition coefficient (Wildman–Crippen LogP) is 7.69. The maximum atomic E-state index is 12.7. The molecule has 6 aromatic rings. The number of carbonyl (C=O) groups excluding carboxylic acids is 1. The smallest absolute Gasteiger partial charge is 0.307 e. The van der Waals surface area contributed by atoms with Crippen molar-refractivity contribution in [3.63, 3.8) is 0 Å². The third-order valence-corrected chi connectivity index (χ3v) is 7.34. The fourth-order valence-corrected chi connectivity index (χ4v) is 5.14. The Bertz CT molecular complexity index is 1860. The van der Waals surface area contributed by atoms with Gasteiger partial charge in [-0.3, -0.25) is 4.79 Å². The number of hydrogen-bond donors (Lipinski definition) is 1. The Balaban J connectivity index is 1.07. The molecule has 1 amide bonds. The quantitative estimate of drug-likeness (QED) is 0.142. The van der Waals surface area contributed by atoms with Crippen LogP contribution >= 0.6 is 11.6 Å². The molecule has 7 nitrogen and oxygen atoms in total. The fraction of sp³-hybridized carbons (Fsp3) is 0.118. The van der Waals surface area contributed by atoms with Crippen molar-refractivity contribution in [3.05, 3.63) is 142 Å². The number of aryl methyl sites for hydroxylation is 2. The summed E-state index contributed by atoms with van der Waals surface area (Å²) in [5, 5.41) is 5.94. The highest BCUT2D eigenvalue weighted by atomic mass is 35.5. The first-order valence-corrected chi connectivity index (χ1v) is 13.9. The van der Waals surface area contributed by atoms with Crippen molar-refractivity contribution in [2.75, 3.05) is 0 Å². The zero-order valence-corrected chi connectivity index (χ0v) is 24.0. The number of aromatic nitrogens is 2. The number of ether oxygens (including phenoxy) is 1. The summed E-state index contributed by atoms with van der Waals surface area (Å²) in [5.74, 6) is 0.966. The van der Waals surface area contributed by atoms with Crippen molar-refractivity contribution in [2.45, 2.75) is 27.0 Å². The summed E-state index contributed by atoms with van der Waals surface area (Å²) in [5.41, 5.74) is 9.08. The number of nitrogens with zero attached hydrogens (tertiary/aromatic N) is 3. The van der Waals surface area contributed by atoms with E-state index in [9.17, 15) is 4.79 Å². The van der Waals surface area contributed by atoms with Gasteiger partial charge in [-0.2, -0.15) is 5.10 Å². The number of furan rings is 1. The second kappa shape index (κ2) is 11.8. The van der Waals surface area contributed by atoms with Gasteiger partial charge in [0.15, 0.2) is 5.76 Å². The second-order valence-corrected chi connectivity index (χ2v) is 10.5. The molecule has 0 aliphatic rings. The van der Waals surface area contributed by atoms with E-state index in [1.165, 1.54) is 11.4 Å². The van der Waals surface area contributed by atoms with E-state index >= 15 is 0 Å². The first-order valence-electron chi connectivity index (χ1n) is 13.6. The fourth-order valence-electron chi connectivity index (χ4n) is 5.01. The van der Waals surface area contributed by atoms with Crippen LogP contribution in [-0.4, -0.2) is 21.3 Å². The van der Waals surface area contributed by atoms with Gasteiger partial charge in [0.05, 0.1) is 6.21 Å². The standard InChI is InChI=1S/C34H29ClN4O3/c1-23-7-8-24(2)39(23)28-13-15-29(16-14-28)41-22-30-17-18-33(42-30)34(40)37-36-19-26-21-38(32-6-4-3-5-31(26)32)20-25-9-11-27(35)12-10-25/h3-19,21H,20,22H2,1-2H3,(H,37,40)/b36-19+. The van der Waals surface area contributed by atoms with Gasteiger partial charge in [0.2, 0.25) is 0 Å². The van der Waals surface area contributed by atoms with Crippen LogP contribution in [0.25, 0.3) is 16.6 Å². The minimum Gasteiger partial charge on any atom is -0.486 e. The molecular formula is C34H29ClN4O3. The third kappa shape index (κ3) is 5.87. The van der Waals surface area contributed by atoms with Crippen LogP contribution in [0.5, 0.6) is 5.75 Å². The molecule has 0 spiro atoms. The van der Waals surface area contributed by atoms with Crippen LogP contribution in [0.1, 0.15) is 38.8 Å². The lowest BCUT2D eigenvalue weighted by Crippen LogP contribution is -2.16. The number of para-hydroxylation sites is 1. The number of rotatable bonds is 9. The van der Waals surface area contributed by atoms with E-state index in [4.69, 9.17) is 20.8 Å². The molecule has 0 aliphatic carbocycles. The Hall–Kier alpha value is -5.01. The van der Waals surface area contributed by atoms with Crippen LogP contribution in [0.4, 0.5) is 0 Å². The van der Waals surface area contributed by atoms with Crippen molar-refractivity contribution in [1.29, 1.82) is 0 Å². The predicted molar refractivity (Wildman–Crippen MR) is 166 cm³/mol. The van der Waals surface area contributed by atoms with E-state index in [1.807, 2.05) is 72.9 Å². The number of hydrogen-bond acceptors (Lipinski definition) is 4. The van der Waals surface area contributed by atoms with E-state index in [0.717, 1.165) is 27.7 Å². The molecule has 6 rings (SSSR count). The van der Waals surface area contributed by atoms with E-state index in [2.05, 4.69) is 51.7 Å². The monoisotopic (exact) mass is 576 g/mol. The summed E-state index contributed by atoms with van der Waals surface area (Å²) in [6.07, 6.45) is 3.66. The zero-order chi connectivity index (χ0) is 29.1. The Kier molecular flexibility index (Phi) is 7.66. The number of carbonyl (C=O) groups is 1. The van der Waals surface area contributed by atoms with E-state index in [-0.39, 0.29) is 12.4 Å². The van der Waals surface area contributed by atoms with Gasteiger partial charge in [-0.05, 0) is 86.1 Å². The molecule has 3 aromatic heterocycles. The lowest BCUT2D eigenvalue weighted by molar-refractivity contribution is 0.0923. The normalized spacial score (nSPS) is 11.4. The molecule has 42 heavy (non-hydrogen) atoms. The van der Waals surface area contributed by atoms with Crippen molar-refractivity contribution < 1.29 is 13.9 Å². The highest BCUT2D eigenvalue weighted by Gasteiger charge is 2.12. The summed E-state index contributed by atoms with van der Waals surface area (Å²) in [7, 11) is 0. The van der Waals surface area contributed by atoms with Crippen molar-refractivity contribution in [2.24, 2.45) is 5.10 Å². The third-order valence-electron chi connectivity index (χ3n) is 7.09. The summed E-state index contributed by atoms with van der Waals surface area (Å²) in [4.78, 5) is 12.7. The van der Waals surface area contributed by atoms with Gasteiger partial charge in [0, 0.05) is 51.3 Å². The van der Waals surface area contributed by atoms with Gasteiger partial charge in [-0.15, -0.1) is 0 Å². The molecule has 0 radical (unpaired) electrons. The van der Waals surface area contributed by atoms with Gasteiger partial charge in [0.1, 0.15) is 18.1 Å². The second-order valence-electron chi connectivity index (χ2n) is 10.1. The molecule has 3 aromatic carbocycles. The minimum absolute atomic E-state index is 0.157. The first-order chi connectivity index (χ1) is 20.4. The van der Waals surface area contributed by atoms with Crippen molar-refractivity contribution >= 4 is 34.6 Å².